The molecule has 0 aliphatic carbocycles. The first-order valence-corrected chi connectivity index (χ1v) is 4.89. The Hall–Kier alpha value is -2.11. The van der Waals surface area contributed by atoms with Gasteiger partial charge in [-0.3, -0.25) is 9.78 Å². The van der Waals surface area contributed by atoms with Crippen LogP contribution in [0.4, 0.5) is 5.82 Å². The maximum absolute atomic E-state index is 11.3. The molecule has 2 heterocycles. The summed E-state index contributed by atoms with van der Waals surface area (Å²) in [6, 6.07) is 1.42. The van der Waals surface area contributed by atoms with Crippen molar-refractivity contribution in [2.24, 2.45) is 0 Å². The minimum atomic E-state index is -0.215. The zero-order valence-electron chi connectivity index (χ0n) is 9.40. The van der Waals surface area contributed by atoms with E-state index in [1.54, 1.807) is 6.92 Å². The zero-order valence-corrected chi connectivity index (χ0v) is 9.40. The maximum atomic E-state index is 11.3. The van der Waals surface area contributed by atoms with Crippen LogP contribution in [-0.2, 0) is 0 Å². The number of rotatable bonds is 1. The van der Waals surface area contributed by atoms with Gasteiger partial charge >= 0.3 is 0 Å². The zero-order chi connectivity index (χ0) is 11.9. The fourth-order valence-electron chi connectivity index (χ4n) is 1.45. The molecule has 2 aromatic rings. The summed E-state index contributed by atoms with van der Waals surface area (Å²) in [5.74, 6) is 0.838. The third-order valence-electron chi connectivity index (χ3n) is 2.46. The third kappa shape index (κ3) is 1.58. The van der Waals surface area contributed by atoms with Crippen LogP contribution in [0.15, 0.2) is 10.9 Å². The number of aryl methyl sites for hydroxylation is 2. The number of hydrogen-bond donors (Lipinski definition) is 2. The van der Waals surface area contributed by atoms with E-state index in [4.69, 9.17) is 5.73 Å². The van der Waals surface area contributed by atoms with E-state index in [1.165, 1.54) is 10.7 Å². The molecule has 0 atom stereocenters. The van der Waals surface area contributed by atoms with Crippen molar-refractivity contribution in [3.05, 3.63) is 33.4 Å². The second kappa shape index (κ2) is 3.48. The lowest BCUT2D eigenvalue weighted by Gasteiger charge is -2.03. The summed E-state index contributed by atoms with van der Waals surface area (Å²) < 4.78 is 1.44. The standard InChI is InChI=1S/C10H13N5O/c1-5-4-8(16)13-10(12-5)15-9(11)6(2)7(3)14-15/h4H,11H2,1-3H3,(H,12,13,16). The molecule has 6 heteroatoms. The van der Waals surface area contributed by atoms with Crippen molar-refractivity contribution in [3.8, 4) is 5.95 Å². The molecule has 0 unspecified atom stereocenters. The summed E-state index contributed by atoms with van der Waals surface area (Å²) in [6.45, 7) is 5.48. The summed E-state index contributed by atoms with van der Waals surface area (Å²) in [6.07, 6.45) is 0. The predicted octanol–water partition coefficient (Wildman–Crippen LogP) is 0.463. The van der Waals surface area contributed by atoms with Crippen LogP contribution in [0.1, 0.15) is 17.0 Å². The average Bonchev–Trinajstić information content (AvgIpc) is 2.44. The predicted molar refractivity (Wildman–Crippen MR) is 60.6 cm³/mol. The Morgan fingerprint density at radius 1 is 1.38 bits per heavy atom. The monoisotopic (exact) mass is 219 g/mol. The Labute approximate surface area is 92.1 Å². The highest BCUT2D eigenvalue weighted by Crippen LogP contribution is 2.16. The molecule has 2 aromatic heterocycles. The molecule has 2 rings (SSSR count). The van der Waals surface area contributed by atoms with Crippen molar-refractivity contribution >= 4 is 5.82 Å². The molecular formula is C10H13N5O. The van der Waals surface area contributed by atoms with Crippen molar-refractivity contribution in [1.82, 2.24) is 19.7 Å². The lowest BCUT2D eigenvalue weighted by atomic mass is 10.3. The highest BCUT2D eigenvalue weighted by atomic mass is 16.1. The molecule has 0 aromatic carbocycles. The minimum absolute atomic E-state index is 0.215. The highest BCUT2D eigenvalue weighted by Gasteiger charge is 2.11. The van der Waals surface area contributed by atoms with Crippen LogP contribution in [0.2, 0.25) is 0 Å². The molecule has 84 valence electrons. The Morgan fingerprint density at radius 2 is 2.06 bits per heavy atom. The van der Waals surface area contributed by atoms with E-state index in [0.29, 0.717) is 17.5 Å². The first-order valence-electron chi connectivity index (χ1n) is 4.89. The largest absolute Gasteiger partial charge is 0.383 e. The lowest BCUT2D eigenvalue weighted by Crippen LogP contribution is -2.15. The quantitative estimate of drug-likeness (QED) is 0.729. The molecule has 0 radical (unpaired) electrons. The third-order valence-corrected chi connectivity index (χ3v) is 2.46. The van der Waals surface area contributed by atoms with Gasteiger partial charge in [-0.1, -0.05) is 0 Å². The van der Waals surface area contributed by atoms with Crippen molar-refractivity contribution in [3.63, 3.8) is 0 Å². The van der Waals surface area contributed by atoms with E-state index in [-0.39, 0.29) is 5.56 Å². The number of aromatic nitrogens is 4. The number of nitrogen functional groups attached to an aromatic ring is 1. The van der Waals surface area contributed by atoms with Crippen LogP contribution >= 0.6 is 0 Å². The van der Waals surface area contributed by atoms with Crippen LogP contribution in [0.5, 0.6) is 0 Å². The normalized spacial score (nSPS) is 10.7. The highest BCUT2D eigenvalue weighted by molar-refractivity contribution is 5.45. The summed E-state index contributed by atoms with van der Waals surface area (Å²) in [4.78, 5) is 18.1. The smallest absolute Gasteiger partial charge is 0.252 e. The van der Waals surface area contributed by atoms with Gasteiger partial charge < -0.3 is 5.73 Å². The molecule has 0 saturated carbocycles. The Bertz CT molecular complexity index is 596. The number of aromatic amines is 1. The van der Waals surface area contributed by atoms with Gasteiger partial charge in [-0.2, -0.15) is 9.78 Å². The van der Waals surface area contributed by atoms with Gasteiger partial charge in [-0.05, 0) is 20.8 Å². The molecule has 0 saturated heterocycles. The number of nitrogens with two attached hydrogens (primary N) is 1. The molecule has 0 aliphatic heterocycles. The molecule has 0 aliphatic rings. The van der Waals surface area contributed by atoms with E-state index in [1.807, 2.05) is 13.8 Å². The van der Waals surface area contributed by atoms with Crippen molar-refractivity contribution in [2.45, 2.75) is 20.8 Å². The Kier molecular flexibility index (Phi) is 2.26. The van der Waals surface area contributed by atoms with Gasteiger partial charge in [-0.25, -0.2) is 4.98 Å². The lowest BCUT2D eigenvalue weighted by molar-refractivity contribution is 0.792. The van der Waals surface area contributed by atoms with Crippen LogP contribution in [0.25, 0.3) is 5.95 Å². The van der Waals surface area contributed by atoms with Gasteiger partial charge in [-0.15, -0.1) is 0 Å². The van der Waals surface area contributed by atoms with Gasteiger partial charge in [0, 0.05) is 17.3 Å². The van der Waals surface area contributed by atoms with E-state index in [2.05, 4.69) is 15.1 Å². The van der Waals surface area contributed by atoms with Crippen molar-refractivity contribution < 1.29 is 0 Å². The van der Waals surface area contributed by atoms with E-state index in [9.17, 15) is 4.79 Å². The average molecular weight is 219 g/mol. The van der Waals surface area contributed by atoms with E-state index in [0.717, 1.165) is 11.3 Å². The van der Waals surface area contributed by atoms with Crippen LogP contribution in [0, 0.1) is 20.8 Å². The van der Waals surface area contributed by atoms with Crippen LogP contribution < -0.4 is 11.3 Å². The number of nitrogens with one attached hydrogen (secondary N) is 1. The van der Waals surface area contributed by atoms with Crippen LogP contribution in [-0.4, -0.2) is 19.7 Å². The first kappa shape index (κ1) is 10.4. The number of nitrogens with zero attached hydrogens (tertiary/aromatic N) is 3. The number of anilines is 1. The van der Waals surface area contributed by atoms with Gasteiger partial charge in [0.25, 0.3) is 5.56 Å². The fourth-order valence-corrected chi connectivity index (χ4v) is 1.45. The Balaban J connectivity index is 2.67. The number of H-pyrrole nitrogens is 1. The Morgan fingerprint density at radius 3 is 2.56 bits per heavy atom. The molecule has 0 bridgehead atoms. The second-order valence-corrected chi connectivity index (χ2v) is 3.72. The van der Waals surface area contributed by atoms with E-state index < -0.39 is 0 Å². The molecule has 0 amide bonds. The van der Waals surface area contributed by atoms with Gasteiger partial charge in [0.05, 0.1) is 5.69 Å². The molecule has 6 nitrogen and oxygen atoms in total. The molecule has 3 N–H and O–H groups in total. The van der Waals surface area contributed by atoms with Crippen molar-refractivity contribution in [1.29, 1.82) is 0 Å². The fraction of sp³-hybridized carbons (Fsp3) is 0.300. The maximum Gasteiger partial charge on any atom is 0.252 e. The molecule has 0 spiro atoms. The second-order valence-electron chi connectivity index (χ2n) is 3.72. The topological polar surface area (TPSA) is 89.6 Å². The first-order chi connectivity index (χ1) is 7.49. The summed E-state index contributed by atoms with van der Waals surface area (Å²) >= 11 is 0. The summed E-state index contributed by atoms with van der Waals surface area (Å²) in [5.41, 5.74) is 8.00. The van der Waals surface area contributed by atoms with E-state index >= 15 is 0 Å². The SMILES string of the molecule is Cc1cc(=O)[nH]c(-n2nc(C)c(C)c2N)n1. The molecular weight excluding hydrogens is 206 g/mol. The summed E-state index contributed by atoms with van der Waals surface area (Å²) in [7, 11) is 0. The number of hydrogen-bond acceptors (Lipinski definition) is 4. The van der Waals surface area contributed by atoms with Crippen molar-refractivity contribution in [2.75, 3.05) is 5.73 Å². The summed E-state index contributed by atoms with van der Waals surface area (Å²) in [5, 5.41) is 4.22. The van der Waals surface area contributed by atoms with Gasteiger partial charge in [0.2, 0.25) is 5.95 Å². The molecule has 16 heavy (non-hydrogen) atoms. The van der Waals surface area contributed by atoms with Gasteiger partial charge in [0.1, 0.15) is 5.82 Å². The molecule has 0 fully saturated rings. The minimum Gasteiger partial charge on any atom is -0.383 e. The van der Waals surface area contributed by atoms with Crippen LogP contribution in [0.3, 0.4) is 0 Å². The van der Waals surface area contributed by atoms with Gasteiger partial charge in [0.15, 0.2) is 0 Å².